The average Bonchev–Trinajstić information content (AvgIpc) is 2.28. The molecular weight excluding hydrogens is 234 g/mol. The van der Waals surface area contributed by atoms with Crippen molar-refractivity contribution in [3.63, 3.8) is 0 Å². The van der Waals surface area contributed by atoms with Crippen LogP contribution in [-0.4, -0.2) is 54.4 Å². The van der Waals surface area contributed by atoms with Gasteiger partial charge in [0.1, 0.15) is 5.75 Å². The highest BCUT2D eigenvalue weighted by Crippen LogP contribution is 2.17. The second kappa shape index (κ2) is 6.37. The number of hydrogen-bond donors (Lipinski definition) is 2. The van der Waals surface area contributed by atoms with Gasteiger partial charge < -0.3 is 19.8 Å². The summed E-state index contributed by atoms with van der Waals surface area (Å²) in [5.74, 6) is -0.0613. The monoisotopic (exact) mass is 253 g/mol. The molecule has 0 aliphatic carbocycles. The predicted octanol–water partition coefficient (Wildman–Crippen LogP) is 0.780. The lowest BCUT2D eigenvalue weighted by Gasteiger charge is -2.21. The third kappa shape index (κ3) is 3.72. The van der Waals surface area contributed by atoms with Crippen LogP contribution in [0, 0.1) is 6.92 Å². The van der Waals surface area contributed by atoms with Crippen molar-refractivity contribution in [2.24, 2.45) is 0 Å². The zero-order valence-electron chi connectivity index (χ0n) is 10.9. The first-order valence-electron chi connectivity index (χ1n) is 5.67. The Labute approximate surface area is 107 Å². The van der Waals surface area contributed by atoms with Gasteiger partial charge in [-0.2, -0.15) is 0 Å². The summed E-state index contributed by atoms with van der Waals surface area (Å²) in [5.41, 5.74) is 1.22. The van der Waals surface area contributed by atoms with Gasteiger partial charge in [-0.15, -0.1) is 0 Å². The Balaban J connectivity index is 2.74. The van der Waals surface area contributed by atoms with Crippen LogP contribution in [0.25, 0.3) is 0 Å². The predicted molar refractivity (Wildman–Crippen MR) is 67.7 cm³/mol. The number of aryl methyl sites for hydroxylation is 1. The lowest BCUT2D eigenvalue weighted by atomic mass is 10.1. The maximum Gasteiger partial charge on any atom is 0.253 e. The van der Waals surface area contributed by atoms with Gasteiger partial charge in [0, 0.05) is 26.3 Å². The van der Waals surface area contributed by atoms with E-state index in [2.05, 4.69) is 0 Å². The molecule has 0 bridgehead atoms. The zero-order chi connectivity index (χ0) is 13.7. The van der Waals surface area contributed by atoms with Gasteiger partial charge in [-0.1, -0.05) is 0 Å². The van der Waals surface area contributed by atoms with Crippen molar-refractivity contribution in [3.05, 3.63) is 29.3 Å². The van der Waals surface area contributed by atoms with Crippen molar-refractivity contribution in [2.45, 2.75) is 13.0 Å². The summed E-state index contributed by atoms with van der Waals surface area (Å²) < 4.78 is 4.81. The number of likely N-dealkylation sites (N-methyl/N-ethyl adjacent to an activating group) is 1. The van der Waals surface area contributed by atoms with Gasteiger partial charge in [-0.05, 0) is 30.7 Å². The zero-order valence-corrected chi connectivity index (χ0v) is 10.9. The van der Waals surface area contributed by atoms with E-state index in [1.54, 1.807) is 20.0 Å². The van der Waals surface area contributed by atoms with Crippen LogP contribution in [0.4, 0.5) is 0 Å². The third-order valence-electron chi connectivity index (χ3n) is 2.63. The van der Waals surface area contributed by atoms with Gasteiger partial charge in [-0.3, -0.25) is 4.79 Å². The van der Waals surface area contributed by atoms with E-state index < -0.39 is 6.10 Å². The van der Waals surface area contributed by atoms with E-state index in [4.69, 9.17) is 4.74 Å². The highest BCUT2D eigenvalue weighted by Gasteiger charge is 2.17. The van der Waals surface area contributed by atoms with Crippen molar-refractivity contribution in [1.82, 2.24) is 4.90 Å². The minimum absolute atomic E-state index is 0.131. The Bertz CT molecular complexity index is 419. The SMILES string of the molecule is COCC(O)CN(C)C(=O)c1ccc(O)cc1C. The van der Waals surface area contributed by atoms with Gasteiger partial charge in [0.2, 0.25) is 0 Å². The normalized spacial score (nSPS) is 12.2. The van der Waals surface area contributed by atoms with Gasteiger partial charge in [0.15, 0.2) is 0 Å². The molecule has 0 saturated carbocycles. The summed E-state index contributed by atoms with van der Waals surface area (Å²) >= 11 is 0. The number of rotatable bonds is 5. The molecule has 1 unspecified atom stereocenters. The molecule has 2 N–H and O–H groups in total. The van der Waals surface area contributed by atoms with Crippen LogP contribution in [0.15, 0.2) is 18.2 Å². The number of phenolic OH excluding ortho intramolecular Hbond substituents is 1. The number of carbonyl (C=O) groups is 1. The van der Waals surface area contributed by atoms with E-state index in [9.17, 15) is 15.0 Å². The van der Waals surface area contributed by atoms with Gasteiger partial charge in [0.25, 0.3) is 5.91 Å². The number of aliphatic hydroxyl groups excluding tert-OH is 1. The number of carbonyl (C=O) groups excluding carboxylic acids is 1. The van der Waals surface area contributed by atoms with E-state index in [1.165, 1.54) is 24.1 Å². The van der Waals surface area contributed by atoms with Crippen LogP contribution in [-0.2, 0) is 4.74 Å². The average molecular weight is 253 g/mol. The smallest absolute Gasteiger partial charge is 0.253 e. The number of phenols is 1. The van der Waals surface area contributed by atoms with Crippen LogP contribution >= 0.6 is 0 Å². The van der Waals surface area contributed by atoms with E-state index in [0.29, 0.717) is 11.1 Å². The van der Waals surface area contributed by atoms with Crippen LogP contribution in [0.5, 0.6) is 5.75 Å². The second-order valence-electron chi connectivity index (χ2n) is 4.29. The quantitative estimate of drug-likeness (QED) is 0.813. The van der Waals surface area contributed by atoms with Gasteiger partial charge >= 0.3 is 0 Å². The topological polar surface area (TPSA) is 70.0 Å². The van der Waals surface area contributed by atoms with Gasteiger partial charge in [-0.25, -0.2) is 0 Å². The maximum atomic E-state index is 12.1. The summed E-state index contributed by atoms with van der Waals surface area (Å²) in [4.78, 5) is 13.5. The molecule has 1 aromatic rings. The number of ether oxygens (including phenoxy) is 1. The summed E-state index contributed by atoms with van der Waals surface area (Å²) in [6, 6.07) is 4.58. The largest absolute Gasteiger partial charge is 0.508 e. The molecule has 0 aliphatic rings. The number of benzene rings is 1. The Morgan fingerprint density at radius 1 is 1.50 bits per heavy atom. The van der Waals surface area contributed by atoms with E-state index >= 15 is 0 Å². The first kappa shape index (κ1) is 14.5. The minimum atomic E-state index is -0.707. The maximum absolute atomic E-state index is 12.1. The molecule has 0 saturated heterocycles. The van der Waals surface area contributed by atoms with Crippen LogP contribution in [0.2, 0.25) is 0 Å². The first-order chi connectivity index (χ1) is 8.45. The number of hydrogen-bond acceptors (Lipinski definition) is 4. The molecular formula is C13H19NO4. The lowest BCUT2D eigenvalue weighted by molar-refractivity contribution is 0.0380. The molecule has 18 heavy (non-hydrogen) atoms. The highest BCUT2D eigenvalue weighted by atomic mass is 16.5. The number of aliphatic hydroxyl groups is 1. The number of amides is 1. The molecule has 0 fully saturated rings. The molecule has 1 aromatic carbocycles. The molecule has 0 heterocycles. The second-order valence-corrected chi connectivity index (χ2v) is 4.29. The van der Waals surface area contributed by atoms with Crippen LogP contribution in [0.1, 0.15) is 15.9 Å². The summed E-state index contributed by atoms with van der Waals surface area (Å²) in [6.07, 6.45) is -0.707. The summed E-state index contributed by atoms with van der Waals surface area (Å²) in [5, 5.41) is 18.9. The van der Waals surface area contributed by atoms with Crippen LogP contribution in [0.3, 0.4) is 0 Å². The number of aromatic hydroxyl groups is 1. The molecule has 1 rings (SSSR count). The molecule has 0 aliphatic heterocycles. The summed E-state index contributed by atoms with van der Waals surface area (Å²) in [6.45, 7) is 2.14. The standard InChI is InChI=1S/C13H19NO4/c1-9-6-10(15)4-5-12(9)13(17)14(2)7-11(16)8-18-3/h4-6,11,15-16H,7-8H2,1-3H3. The minimum Gasteiger partial charge on any atom is -0.508 e. The Morgan fingerprint density at radius 3 is 2.72 bits per heavy atom. The molecule has 100 valence electrons. The molecule has 0 spiro atoms. The molecule has 0 radical (unpaired) electrons. The number of nitrogens with zero attached hydrogens (tertiary/aromatic N) is 1. The Kier molecular flexibility index (Phi) is 5.12. The van der Waals surface area contributed by atoms with Gasteiger partial charge in [0.05, 0.1) is 12.7 Å². The molecule has 1 atom stereocenters. The van der Waals surface area contributed by atoms with E-state index in [0.717, 1.165) is 0 Å². The fraction of sp³-hybridized carbons (Fsp3) is 0.462. The first-order valence-corrected chi connectivity index (χ1v) is 5.67. The van der Waals surface area contributed by atoms with Crippen LogP contribution < -0.4 is 0 Å². The fourth-order valence-electron chi connectivity index (χ4n) is 1.74. The highest BCUT2D eigenvalue weighted by molar-refractivity contribution is 5.95. The van der Waals surface area contributed by atoms with E-state index in [-0.39, 0.29) is 24.8 Å². The van der Waals surface area contributed by atoms with Crippen molar-refractivity contribution in [3.8, 4) is 5.75 Å². The fourth-order valence-corrected chi connectivity index (χ4v) is 1.74. The van der Waals surface area contributed by atoms with Crippen molar-refractivity contribution in [2.75, 3.05) is 27.3 Å². The third-order valence-corrected chi connectivity index (χ3v) is 2.63. The summed E-state index contributed by atoms with van der Waals surface area (Å²) in [7, 11) is 3.11. The molecule has 5 nitrogen and oxygen atoms in total. The van der Waals surface area contributed by atoms with Crippen molar-refractivity contribution >= 4 is 5.91 Å². The van der Waals surface area contributed by atoms with Crippen molar-refractivity contribution < 1.29 is 19.7 Å². The lowest BCUT2D eigenvalue weighted by Crippen LogP contribution is -2.36. The molecule has 0 aromatic heterocycles. The van der Waals surface area contributed by atoms with E-state index in [1.807, 2.05) is 0 Å². The Morgan fingerprint density at radius 2 is 2.17 bits per heavy atom. The number of methoxy groups -OCH3 is 1. The molecule has 5 heteroatoms. The van der Waals surface area contributed by atoms with Crippen molar-refractivity contribution in [1.29, 1.82) is 0 Å². The Hall–Kier alpha value is -1.59. The molecule has 1 amide bonds.